The van der Waals surface area contributed by atoms with Gasteiger partial charge in [-0.2, -0.15) is 0 Å². The number of hydrogen-bond acceptors (Lipinski definition) is 1. The van der Waals surface area contributed by atoms with Gasteiger partial charge in [0.1, 0.15) is 0 Å². The van der Waals surface area contributed by atoms with Gasteiger partial charge in [-0.05, 0) is 45.8 Å². The minimum atomic E-state index is 0.874. The first kappa shape index (κ1) is 8.62. The minimum Gasteiger partial charge on any atom is -0.306 e. The van der Waals surface area contributed by atoms with E-state index in [1.807, 2.05) is 6.92 Å². The van der Waals surface area contributed by atoms with Gasteiger partial charge >= 0.3 is 0 Å². The van der Waals surface area contributed by atoms with Crippen LogP contribution in [-0.4, -0.2) is 25.0 Å². The Kier molecular flexibility index (Phi) is 3.45. The second-order valence-corrected chi connectivity index (χ2v) is 3.38. The summed E-state index contributed by atoms with van der Waals surface area (Å²) < 4.78 is 0. The molecule has 62 valence electrons. The Balaban J connectivity index is 2.20. The molecule has 0 radical (unpaired) electrons. The van der Waals surface area contributed by atoms with E-state index in [0.29, 0.717) is 0 Å². The molecule has 1 fully saturated rings. The van der Waals surface area contributed by atoms with Crippen LogP contribution in [0.15, 0.2) is 0 Å². The van der Waals surface area contributed by atoms with Gasteiger partial charge in [-0.25, -0.2) is 0 Å². The molecule has 1 aliphatic heterocycles. The lowest BCUT2D eigenvalue weighted by molar-refractivity contribution is 0.222. The fourth-order valence-electron chi connectivity index (χ4n) is 1.51. The molecule has 0 unspecified atom stereocenters. The Hall–Kier alpha value is -0.480. The Morgan fingerprint density at radius 1 is 1.36 bits per heavy atom. The number of nitrogens with zero attached hydrogens (tertiary/aromatic N) is 1. The molecule has 1 rings (SSSR count). The zero-order valence-electron chi connectivity index (χ0n) is 7.56. The molecule has 0 aromatic carbocycles. The summed E-state index contributed by atoms with van der Waals surface area (Å²) in [7, 11) is 2.20. The maximum atomic E-state index is 3.16. The zero-order valence-corrected chi connectivity index (χ0v) is 7.56. The van der Waals surface area contributed by atoms with Crippen LogP contribution >= 0.6 is 0 Å². The van der Waals surface area contributed by atoms with E-state index >= 15 is 0 Å². The van der Waals surface area contributed by atoms with Gasteiger partial charge in [-0.3, -0.25) is 0 Å². The number of piperidine rings is 1. The summed E-state index contributed by atoms with van der Waals surface area (Å²) in [4.78, 5) is 2.40. The molecule has 0 spiro atoms. The van der Waals surface area contributed by atoms with Crippen molar-refractivity contribution in [3.8, 4) is 11.8 Å². The lowest BCUT2D eigenvalue weighted by atomic mass is 9.94. The van der Waals surface area contributed by atoms with Crippen molar-refractivity contribution in [2.75, 3.05) is 20.1 Å². The predicted molar refractivity (Wildman–Crippen MR) is 48.3 cm³/mol. The summed E-state index contributed by atoms with van der Waals surface area (Å²) >= 11 is 0. The van der Waals surface area contributed by atoms with E-state index < -0.39 is 0 Å². The van der Waals surface area contributed by atoms with Crippen LogP contribution in [0.5, 0.6) is 0 Å². The van der Waals surface area contributed by atoms with Crippen LogP contribution in [-0.2, 0) is 0 Å². The molecular formula is C10H17N. The molecule has 1 saturated heterocycles. The summed E-state index contributed by atoms with van der Waals surface area (Å²) in [6.07, 6.45) is 3.79. The quantitative estimate of drug-likeness (QED) is 0.516. The van der Waals surface area contributed by atoms with Gasteiger partial charge < -0.3 is 4.90 Å². The largest absolute Gasteiger partial charge is 0.306 e. The Morgan fingerprint density at radius 2 is 2.00 bits per heavy atom. The average molecular weight is 151 g/mol. The average Bonchev–Trinajstić information content (AvgIpc) is 2.04. The monoisotopic (exact) mass is 151 g/mol. The zero-order chi connectivity index (χ0) is 8.10. The lowest BCUT2D eigenvalue weighted by Gasteiger charge is -2.27. The van der Waals surface area contributed by atoms with Gasteiger partial charge in [0.05, 0.1) is 0 Å². The third-order valence-electron chi connectivity index (χ3n) is 2.41. The number of hydrogen-bond donors (Lipinski definition) is 0. The highest BCUT2D eigenvalue weighted by Crippen LogP contribution is 2.18. The summed E-state index contributed by atoms with van der Waals surface area (Å²) in [5.74, 6) is 7.00. The first-order chi connectivity index (χ1) is 5.33. The topological polar surface area (TPSA) is 3.24 Å². The summed E-state index contributed by atoms with van der Waals surface area (Å²) in [6, 6.07) is 0. The minimum absolute atomic E-state index is 0.874. The normalized spacial score (nSPS) is 20.9. The maximum absolute atomic E-state index is 3.16. The predicted octanol–water partition coefficient (Wildman–Crippen LogP) is 1.74. The van der Waals surface area contributed by atoms with Crippen LogP contribution in [0, 0.1) is 17.8 Å². The van der Waals surface area contributed by atoms with Gasteiger partial charge in [0.25, 0.3) is 0 Å². The fraction of sp³-hybridized carbons (Fsp3) is 0.800. The van der Waals surface area contributed by atoms with Gasteiger partial charge in [0.15, 0.2) is 0 Å². The second-order valence-electron chi connectivity index (χ2n) is 3.38. The molecule has 0 N–H and O–H groups in total. The standard InChI is InChI=1S/C10H17N/c1-3-4-5-10-6-8-11(2)9-7-10/h10H,5-9H2,1-2H3. The third-order valence-corrected chi connectivity index (χ3v) is 2.41. The Morgan fingerprint density at radius 3 is 2.55 bits per heavy atom. The van der Waals surface area contributed by atoms with Crippen molar-refractivity contribution in [1.29, 1.82) is 0 Å². The Labute approximate surface area is 69.8 Å². The highest BCUT2D eigenvalue weighted by atomic mass is 15.1. The highest BCUT2D eigenvalue weighted by Gasteiger charge is 2.14. The number of rotatable bonds is 1. The van der Waals surface area contributed by atoms with E-state index in [4.69, 9.17) is 0 Å². The van der Waals surface area contributed by atoms with E-state index in [1.54, 1.807) is 0 Å². The molecule has 0 atom stereocenters. The highest BCUT2D eigenvalue weighted by molar-refractivity contribution is 4.97. The fourth-order valence-corrected chi connectivity index (χ4v) is 1.51. The van der Waals surface area contributed by atoms with Crippen LogP contribution < -0.4 is 0 Å². The van der Waals surface area contributed by atoms with Crippen LogP contribution in [0.2, 0.25) is 0 Å². The van der Waals surface area contributed by atoms with Crippen molar-refractivity contribution >= 4 is 0 Å². The molecule has 0 aliphatic carbocycles. The second kappa shape index (κ2) is 4.41. The summed E-state index contributed by atoms with van der Waals surface area (Å²) in [5, 5.41) is 0. The van der Waals surface area contributed by atoms with Crippen molar-refractivity contribution in [1.82, 2.24) is 4.90 Å². The first-order valence-electron chi connectivity index (χ1n) is 4.41. The first-order valence-corrected chi connectivity index (χ1v) is 4.41. The van der Waals surface area contributed by atoms with Crippen molar-refractivity contribution in [2.24, 2.45) is 5.92 Å². The van der Waals surface area contributed by atoms with E-state index in [0.717, 1.165) is 12.3 Å². The molecule has 0 bridgehead atoms. The van der Waals surface area contributed by atoms with Gasteiger partial charge in [-0.1, -0.05) is 0 Å². The molecule has 0 aromatic heterocycles. The Bertz CT molecular complexity index is 155. The van der Waals surface area contributed by atoms with Crippen molar-refractivity contribution in [3.05, 3.63) is 0 Å². The van der Waals surface area contributed by atoms with Gasteiger partial charge in [0, 0.05) is 6.42 Å². The van der Waals surface area contributed by atoms with Gasteiger partial charge in [0.2, 0.25) is 0 Å². The van der Waals surface area contributed by atoms with Crippen LogP contribution in [0.1, 0.15) is 26.2 Å². The molecule has 1 aliphatic rings. The third kappa shape index (κ3) is 2.95. The summed E-state index contributed by atoms with van der Waals surface area (Å²) in [5.41, 5.74) is 0. The molecule has 0 saturated carbocycles. The van der Waals surface area contributed by atoms with E-state index in [1.165, 1.54) is 25.9 Å². The molecule has 0 amide bonds. The van der Waals surface area contributed by atoms with E-state index in [-0.39, 0.29) is 0 Å². The maximum Gasteiger partial charge on any atom is 0.0118 e. The van der Waals surface area contributed by atoms with Crippen molar-refractivity contribution in [3.63, 3.8) is 0 Å². The van der Waals surface area contributed by atoms with Crippen LogP contribution in [0.4, 0.5) is 0 Å². The van der Waals surface area contributed by atoms with Crippen molar-refractivity contribution < 1.29 is 0 Å². The summed E-state index contributed by atoms with van der Waals surface area (Å²) in [6.45, 7) is 4.45. The smallest absolute Gasteiger partial charge is 0.0118 e. The molecule has 1 heterocycles. The van der Waals surface area contributed by atoms with Crippen LogP contribution in [0.25, 0.3) is 0 Å². The van der Waals surface area contributed by atoms with Gasteiger partial charge in [-0.15, -0.1) is 11.8 Å². The van der Waals surface area contributed by atoms with E-state index in [2.05, 4.69) is 23.8 Å². The van der Waals surface area contributed by atoms with Crippen molar-refractivity contribution in [2.45, 2.75) is 26.2 Å². The number of likely N-dealkylation sites (tertiary alicyclic amines) is 1. The van der Waals surface area contributed by atoms with E-state index in [9.17, 15) is 0 Å². The lowest BCUT2D eigenvalue weighted by Crippen LogP contribution is -2.29. The molecule has 1 nitrogen and oxygen atoms in total. The SMILES string of the molecule is CC#CCC1CCN(C)CC1. The molecule has 11 heavy (non-hydrogen) atoms. The molecule has 1 heteroatoms. The molecule has 0 aromatic rings. The molecular weight excluding hydrogens is 134 g/mol. The van der Waals surface area contributed by atoms with Crippen LogP contribution in [0.3, 0.4) is 0 Å².